The minimum Gasteiger partial charge on any atom is -0.330 e. The molecule has 1 aromatic rings. The van der Waals surface area contributed by atoms with Crippen LogP contribution in [0.2, 0.25) is 0 Å². The van der Waals surface area contributed by atoms with Gasteiger partial charge in [-0.05, 0) is 30.9 Å². The Balaban J connectivity index is 2.84. The van der Waals surface area contributed by atoms with Crippen LogP contribution < -0.4 is 5.73 Å². The van der Waals surface area contributed by atoms with Gasteiger partial charge in [-0.25, -0.2) is 0 Å². The first-order chi connectivity index (χ1) is 6.29. The minimum atomic E-state index is 0.510. The summed E-state index contributed by atoms with van der Waals surface area (Å²) in [5.74, 6) is 1.62. The van der Waals surface area contributed by atoms with Crippen LogP contribution in [0.3, 0.4) is 0 Å². The van der Waals surface area contributed by atoms with Crippen LogP contribution in [0.4, 0.5) is 0 Å². The zero-order valence-electron chi connectivity index (χ0n) is 8.29. The van der Waals surface area contributed by atoms with Crippen molar-refractivity contribution < 1.29 is 0 Å². The lowest BCUT2D eigenvalue weighted by molar-refractivity contribution is 0.779. The van der Waals surface area contributed by atoms with E-state index in [0.717, 1.165) is 12.3 Å². The van der Waals surface area contributed by atoms with E-state index in [1.807, 2.05) is 11.8 Å². The predicted molar refractivity (Wildman–Crippen MR) is 61.4 cm³/mol. The highest BCUT2D eigenvalue weighted by atomic mass is 32.2. The summed E-state index contributed by atoms with van der Waals surface area (Å²) in [6.07, 6.45) is 2.13. The van der Waals surface area contributed by atoms with Gasteiger partial charge in [0.05, 0.1) is 0 Å². The molecular formula is C11H17NS. The highest BCUT2D eigenvalue weighted by Crippen LogP contribution is 2.21. The SMILES string of the molecule is CSCC(CN)c1ccccc1C. The Labute approximate surface area is 84.7 Å². The van der Waals surface area contributed by atoms with Gasteiger partial charge in [0.2, 0.25) is 0 Å². The number of thioether (sulfide) groups is 1. The van der Waals surface area contributed by atoms with Gasteiger partial charge >= 0.3 is 0 Å². The number of rotatable bonds is 4. The van der Waals surface area contributed by atoms with Crippen LogP contribution in [0.1, 0.15) is 17.0 Å². The Kier molecular flexibility index (Phi) is 4.33. The number of benzene rings is 1. The van der Waals surface area contributed by atoms with Gasteiger partial charge in [-0.2, -0.15) is 11.8 Å². The Morgan fingerprint density at radius 3 is 2.62 bits per heavy atom. The Morgan fingerprint density at radius 1 is 1.38 bits per heavy atom. The fourth-order valence-corrected chi connectivity index (χ4v) is 2.25. The summed E-state index contributed by atoms with van der Waals surface area (Å²) in [6.45, 7) is 2.89. The summed E-state index contributed by atoms with van der Waals surface area (Å²) in [5, 5.41) is 0. The standard InChI is InChI=1S/C11H17NS/c1-9-5-3-4-6-11(9)10(7-12)8-13-2/h3-6,10H,7-8,12H2,1-2H3. The molecule has 0 saturated carbocycles. The molecule has 0 aliphatic rings. The molecule has 1 aromatic carbocycles. The Hall–Kier alpha value is -0.470. The molecule has 0 spiro atoms. The fourth-order valence-electron chi connectivity index (χ4n) is 1.53. The van der Waals surface area contributed by atoms with Crippen molar-refractivity contribution in [2.24, 2.45) is 5.73 Å². The molecule has 1 unspecified atom stereocenters. The second-order valence-electron chi connectivity index (χ2n) is 3.24. The maximum Gasteiger partial charge on any atom is 0.00544 e. The molecule has 2 heteroatoms. The molecule has 0 radical (unpaired) electrons. The largest absolute Gasteiger partial charge is 0.330 e. The predicted octanol–water partition coefficient (Wildman–Crippen LogP) is 2.40. The van der Waals surface area contributed by atoms with Gasteiger partial charge in [-0.3, -0.25) is 0 Å². The maximum absolute atomic E-state index is 5.75. The Bertz CT molecular complexity index is 260. The first-order valence-corrected chi connectivity index (χ1v) is 5.93. The summed E-state index contributed by atoms with van der Waals surface area (Å²) in [6, 6.07) is 8.50. The molecule has 2 N–H and O–H groups in total. The van der Waals surface area contributed by atoms with Gasteiger partial charge in [-0.1, -0.05) is 24.3 Å². The highest BCUT2D eigenvalue weighted by Gasteiger charge is 2.10. The molecule has 0 heterocycles. The third-order valence-electron chi connectivity index (χ3n) is 2.28. The molecule has 1 nitrogen and oxygen atoms in total. The zero-order chi connectivity index (χ0) is 9.68. The van der Waals surface area contributed by atoms with E-state index in [1.165, 1.54) is 11.1 Å². The summed E-state index contributed by atoms with van der Waals surface area (Å²) in [5.41, 5.74) is 8.50. The van der Waals surface area contributed by atoms with Crippen LogP contribution in [0.5, 0.6) is 0 Å². The average molecular weight is 195 g/mol. The third-order valence-corrected chi connectivity index (χ3v) is 3.02. The highest BCUT2D eigenvalue weighted by molar-refractivity contribution is 7.98. The lowest BCUT2D eigenvalue weighted by Gasteiger charge is -2.15. The monoisotopic (exact) mass is 195 g/mol. The Morgan fingerprint density at radius 2 is 2.08 bits per heavy atom. The number of nitrogens with two attached hydrogens (primary N) is 1. The van der Waals surface area contributed by atoms with Crippen LogP contribution in [0.15, 0.2) is 24.3 Å². The molecule has 0 saturated heterocycles. The van der Waals surface area contributed by atoms with E-state index in [1.54, 1.807) is 0 Å². The minimum absolute atomic E-state index is 0.510. The molecule has 0 aromatic heterocycles. The molecule has 0 fully saturated rings. The summed E-state index contributed by atoms with van der Waals surface area (Å²) < 4.78 is 0. The van der Waals surface area contributed by atoms with Crippen LogP contribution in [-0.4, -0.2) is 18.6 Å². The van der Waals surface area contributed by atoms with Crippen molar-refractivity contribution in [1.82, 2.24) is 0 Å². The lowest BCUT2D eigenvalue weighted by Crippen LogP contribution is -2.15. The molecule has 13 heavy (non-hydrogen) atoms. The molecule has 72 valence electrons. The van der Waals surface area contributed by atoms with E-state index in [9.17, 15) is 0 Å². The van der Waals surface area contributed by atoms with Gasteiger partial charge < -0.3 is 5.73 Å². The van der Waals surface area contributed by atoms with Crippen LogP contribution in [0.25, 0.3) is 0 Å². The normalized spacial score (nSPS) is 12.8. The van der Waals surface area contributed by atoms with Crippen molar-refractivity contribution in [2.75, 3.05) is 18.6 Å². The van der Waals surface area contributed by atoms with Crippen molar-refractivity contribution >= 4 is 11.8 Å². The molecule has 0 aliphatic heterocycles. The molecule has 0 amide bonds. The quantitative estimate of drug-likeness (QED) is 0.798. The molecule has 1 atom stereocenters. The van der Waals surface area contributed by atoms with Gasteiger partial charge in [0.15, 0.2) is 0 Å². The fraction of sp³-hybridized carbons (Fsp3) is 0.455. The van der Waals surface area contributed by atoms with Crippen molar-refractivity contribution in [2.45, 2.75) is 12.8 Å². The van der Waals surface area contributed by atoms with Gasteiger partial charge in [-0.15, -0.1) is 0 Å². The molecule has 1 rings (SSSR count). The average Bonchev–Trinajstić information content (AvgIpc) is 2.16. The summed E-state index contributed by atoms with van der Waals surface area (Å²) in [4.78, 5) is 0. The van der Waals surface area contributed by atoms with Gasteiger partial charge in [0, 0.05) is 11.7 Å². The van der Waals surface area contributed by atoms with E-state index in [0.29, 0.717) is 5.92 Å². The van der Waals surface area contributed by atoms with Crippen molar-refractivity contribution in [3.63, 3.8) is 0 Å². The first-order valence-electron chi connectivity index (χ1n) is 4.54. The van der Waals surface area contributed by atoms with Gasteiger partial charge in [0.1, 0.15) is 0 Å². The van der Waals surface area contributed by atoms with E-state index in [2.05, 4.69) is 37.4 Å². The van der Waals surface area contributed by atoms with E-state index in [-0.39, 0.29) is 0 Å². The molecule has 0 aliphatic carbocycles. The van der Waals surface area contributed by atoms with Gasteiger partial charge in [0.25, 0.3) is 0 Å². The maximum atomic E-state index is 5.75. The summed E-state index contributed by atoms with van der Waals surface area (Å²) in [7, 11) is 0. The molecular weight excluding hydrogens is 178 g/mol. The van der Waals surface area contributed by atoms with Crippen molar-refractivity contribution in [1.29, 1.82) is 0 Å². The number of hydrogen-bond acceptors (Lipinski definition) is 2. The number of aryl methyl sites for hydroxylation is 1. The zero-order valence-corrected chi connectivity index (χ0v) is 9.10. The third kappa shape index (κ3) is 2.75. The molecule has 0 bridgehead atoms. The second kappa shape index (κ2) is 5.30. The van der Waals surface area contributed by atoms with Crippen molar-refractivity contribution in [3.05, 3.63) is 35.4 Å². The van der Waals surface area contributed by atoms with E-state index < -0.39 is 0 Å². The lowest BCUT2D eigenvalue weighted by atomic mass is 9.97. The number of hydrogen-bond donors (Lipinski definition) is 1. The smallest absolute Gasteiger partial charge is 0.00544 e. The first kappa shape index (κ1) is 10.6. The summed E-state index contributed by atoms with van der Waals surface area (Å²) >= 11 is 1.86. The van der Waals surface area contributed by atoms with Crippen LogP contribution in [0, 0.1) is 6.92 Å². The van der Waals surface area contributed by atoms with E-state index >= 15 is 0 Å². The topological polar surface area (TPSA) is 26.0 Å². The van der Waals surface area contributed by atoms with Crippen LogP contribution >= 0.6 is 11.8 Å². The van der Waals surface area contributed by atoms with E-state index in [4.69, 9.17) is 5.73 Å². The van der Waals surface area contributed by atoms with Crippen LogP contribution in [-0.2, 0) is 0 Å². The van der Waals surface area contributed by atoms with Crippen molar-refractivity contribution in [3.8, 4) is 0 Å². The second-order valence-corrected chi connectivity index (χ2v) is 4.16.